The van der Waals surface area contributed by atoms with Gasteiger partial charge in [0.1, 0.15) is 0 Å². The molecule has 1 aliphatic rings. The molecule has 1 rings (SSSR count). The van der Waals surface area contributed by atoms with Crippen LogP contribution in [0.4, 0.5) is 0 Å². The first-order chi connectivity index (χ1) is 9.69. The van der Waals surface area contributed by atoms with E-state index in [0.29, 0.717) is 6.04 Å². The first-order valence-electron chi connectivity index (χ1n) is 7.95. The summed E-state index contributed by atoms with van der Waals surface area (Å²) in [5, 5.41) is 6.68. The van der Waals surface area contributed by atoms with Crippen LogP contribution in [0, 0.1) is 5.92 Å². The van der Waals surface area contributed by atoms with Gasteiger partial charge >= 0.3 is 0 Å². The van der Waals surface area contributed by atoms with Gasteiger partial charge in [0.25, 0.3) is 0 Å². The second-order valence-corrected chi connectivity index (χ2v) is 5.57. The molecule has 0 saturated heterocycles. The molecule has 1 aliphatic carbocycles. The molecular formula is C15H33IN4O. The topological polar surface area (TPSA) is 48.9 Å². The third-order valence-corrected chi connectivity index (χ3v) is 3.57. The highest BCUT2D eigenvalue weighted by atomic mass is 127. The van der Waals surface area contributed by atoms with Crippen LogP contribution in [0.1, 0.15) is 33.1 Å². The number of ether oxygens (including phenoxy) is 1. The molecule has 1 unspecified atom stereocenters. The number of rotatable bonds is 10. The van der Waals surface area contributed by atoms with Crippen LogP contribution in [-0.2, 0) is 4.74 Å². The lowest BCUT2D eigenvalue weighted by Gasteiger charge is -2.22. The van der Waals surface area contributed by atoms with Gasteiger partial charge in [-0.05, 0) is 53.1 Å². The van der Waals surface area contributed by atoms with Crippen molar-refractivity contribution in [1.29, 1.82) is 0 Å². The van der Waals surface area contributed by atoms with Crippen molar-refractivity contribution in [1.82, 2.24) is 15.5 Å². The Morgan fingerprint density at radius 1 is 1.29 bits per heavy atom. The zero-order valence-corrected chi connectivity index (χ0v) is 16.4. The van der Waals surface area contributed by atoms with Crippen molar-refractivity contribution in [3.8, 4) is 0 Å². The van der Waals surface area contributed by atoms with Crippen LogP contribution in [0.3, 0.4) is 0 Å². The lowest BCUT2D eigenvalue weighted by Crippen LogP contribution is -2.40. The zero-order valence-electron chi connectivity index (χ0n) is 14.0. The van der Waals surface area contributed by atoms with Crippen molar-refractivity contribution >= 4 is 29.9 Å². The summed E-state index contributed by atoms with van der Waals surface area (Å²) in [6.07, 6.45) is 3.73. The number of guanidine groups is 1. The average molecular weight is 412 g/mol. The van der Waals surface area contributed by atoms with Crippen molar-refractivity contribution in [2.24, 2.45) is 10.9 Å². The quantitative estimate of drug-likeness (QED) is 0.249. The summed E-state index contributed by atoms with van der Waals surface area (Å²) in [4.78, 5) is 7.03. The van der Waals surface area contributed by atoms with Crippen molar-refractivity contribution in [2.45, 2.75) is 39.2 Å². The van der Waals surface area contributed by atoms with E-state index < -0.39 is 0 Å². The summed E-state index contributed by atoms with van der Waals surface area (Å²) in [6, 6.07) is 0.578. The number of hydrogen-bond donors (Lipinski definition) is 2. The minimum atomic E-state index is 0. The molecule has 1 atom stereocenters. The molecule has 1 saturated carbocycles. The standard InChI is InChI=1S/C15H32N4O.HI/c1-5-16-15(17-10-7-11-20-6-2)18-12-14(19(3)4)13-8-9-13;/h13-14H,5-12H2,1-4H3,(H2,16,17,18);1H. The van der Waals surface area contributed by atoms with Crippen LogP contribution in [0.2, 0.25) is 0 Å². The summed E-state index contributed by atoms with van der Waals surface area (Å²) in [6.45, 7) is 8.40. The Kier molecular flexibility index (Phi) is 12.4. The van der Waals surface area contributed by atoms with E-state index >= 15 is 0 Å². The SMILES string of the molecule is CCNC(=NCC(C1CC1)N(C)C)NCCCOCC.I. The third-order valence-electron chi connectivity index (χ3n) is 3.57. The maximum Gasteiger partial charge on any atom is 0.191 e. The van der Waals surface area contributed by atoms with Crippen molar-refractivity contribution < 1.29 is 4.74 Å². The molecule has 0 heterocycles. The maximum absolute atomic E-state index is 5.34. The molecule has 6 heteroatoms. The van der Waals surface area contributed by atoms with Crippen LogP contribution in [0.25, 0.3) is 0 Å². The van der Waals surface area contributed by atoms with Gasteiger partial charge in [0.05, 0.1) is 6.54 Å². The van der Waals surface area contributed by atoms with Crippen LogP contribution >= 0.6 is 24.0 Å². The second-order valence-electron chi connectivity index (χ2n) is 5.57. The predicted molar refractivity (Wildman–Crippen MR) is 101 cm³/mol. The molecule has 0 amide bonds. The van der Waals surface area contributed by atoms with Crippen LogP contribution in [-0.4, -0.2) is 63.8 Å². The molecule has 0 aromatic carbocycles. The number of likely N-dealkylation sites (N-methyl/N-ethyl adjacent to an activating group) is 1. The molecule has 0 bridgehead atoms. The summed E-state index contributed by atoms with van der Waals surface area (Å²) in [5.74, 6) is 1.77. The monoisotopic (exact) mass is 412 g/mol. The Labute approximate surface area is 147 Å². The number of nitrogens with one attached hydrogen (secondary N) is 2. The summed E-state index contributed by atoms with van der Waals surface area (Å²) >= 11 is 0. The van der Waals surface area contributed by atoms with Crippen LogP contribution in [0.5, 0.6) is 0 Å². The molecule has 0 aromatic heterocycles. The van der Waals surface area contributed by atoms with E-state index in [0.717, 1.165) is 51.1 Å². The number of halogens is 1. The average Bonchev–Trinajstić information content (AvgIpc) is 3.22. The van der Waals surface area contributed by atoms with Gasteiger partial charge in [-0.3, -0.25) is 4.99 Å². The van der Waals surface area contributed by atoms with Gasteiger partial charge in [0.15, 0.2) is 5.96 Å². The fourth-order valence-corrected chi connectivity index (χ4v) is 2.27. The second kappa shape index (κ2) is 12.5. The van der Waals surface area contributed by atoms with Crippen LogP contribution < -0.4 is 10.6 Å². The van der Waals surface area contributed by atoms with E-state index in [9.17, 15) is 0 Å². The lowest BCUT2D eigenvalue weighted by molar-refractivity contribution is 0.145. The largest absolute Gasteiger partial charge is 0.382 e. The van der Waals surface area contributed by atoms with Gasteiger partial charge in [0, 0.05) is 32.3 Å². The van der Waals surface area contributed by atoms with Crippen molar-refractivity contribution in [3.05, 3.63) is 0 Å². The van der Waals surface area contributed by atoms with Crippen LogP contribution in [0.15, 0.2) is 4.99 Å². The first-order valence-corrected chi connectivity index (χ1v) is 7.95. The molecule has 0 aliphatic heterocycles. The highest BCUT2D eigenvalue weighted by Gasteiger charge is 2.32. The Bertz CT molecular complexity index is 281. The summed E-state index contributed by atoms with van der Waals surface area (Å²) < 4.78 is 5.34. The van der Waals surface area contributed by atoms with Gasteiger partial charge in [-0.25, -0.2) is 0 Å². The zero-order chi connectivity index (χ0) is 14.8. The Morgan fingerprint density at radius 2 is 2.00 bits per heavy atom. The predicted octanol–water partition coefficient (Wildman–Crippen LogP) is 1.93. The Hall–Kier alpha value is -0.0800. The molecule has 21 heavy (non-hydrogen) atoms. The molecule has 1 fully saturated rings. The number of nitrogens with zero attached hydrogens (tertiary/aromatic N) is 2. The molecule has 126 valence electrons. The van der Waals surface area contributed by atoms with E-state index in [2.05, 4.69) is 36.6 Å². The van der Waals surface area contributed by atoms with E-state index in [1.54, 1.807) is 0 Å². The summed E-state index contributed by atoms with van der Waals surface area (Å²) in [5.41, 5.74) is 0. The maximum atomic E-state index is 5.34. The lowest BCUT2D eigenvalue weighted by atomic mass is 10.2. The highest BCUT2D eigenvalue weighted by molar-refractivity contribution is 14.0. The highest BCUT2D eigenvalue weighted by Crippen LogP contribution is 2.34. The van der Waals surface area contributed by atoms with E-state index in [1.807, 2.05) is 6.92 Å². The van der Waals surface area contributed by atoms with Crippen molar-refractivity contribution in [2.75, 3.05) is 46.9 Å². The minimum Gasteiger partial charge on any atom is -0.382 e. The molecule has 2 N–H and O–H groups in total. The third kappa shape index (κ3) is 9.52. The van der Waals surface area contributed by atoms with E-state index in [-0.39, 0.29) is 24.0 Å². The Balaban J connectivity index is 0.00000400. The molecule has 0 radical (unpaired) electrons. The van der Waals surface area contributed by atoms with Gasteiger partial charge in [-0.1, -0.05) is 0 Å². The number of aliphatic imine (C=N–C) groups is 1. The molecule has 0 spiro atoms. The molecule has 5 nitrogen and oxygen atoms in total. The van der Waals surface area contributed by atoms with E-state index in [4.69, 9.17) is 9.73 Å². The van der Waals surface area contributed by atoms with E-state index in [1.165, 1.54) is 12.8 Å². The van der Waals surface area contributed by atoms with Gasteiger partial charge in [0.2, 0.25) is 0 Å². The first kappa shape index (κ1) is 20.9. The number of hydrogen-bond acceptors (Lipinski definition) is 3. The minimum absolute atomic E-state index is 0. The Morgan fingerprint density at radius 3 is 2.52 bits per heavy atom. The summed E-state index contributed by atoms with van der Waals surface area (Å²) in [7, 11) is 4.31. The fourth-order valence-electron chi connectivity index (χ4n) is 2.27. The molecular weight excluding hydrogens is 379 g/mol. The fraction of sp³-hybridized carbons (Fsp3) is 0.933. The normalized spacial score (nSPS) is 16.5. The van der Waals surface area contributed by atoms with Gasteiger partial charge < -0.3 is 20.3 Å². The smallest absolute Gasteiger partial charge is 0.191 e. The van der Waals surface area contributed by atoms with Crippen molar-refractivity contribution in [3.63, 3.8) is 0 Å². The van der Waals surface area contributed by atoms with Gasteiger partial charge in [-0.15, -0.1) is 24.0 Å². The molecule has 0 aromatic rings. The van der Waals surface area contributed by atoms with Gasteiger partial charge in [-0.2, -0.15) is 0 Å².